The van der Waals surface area contributed by atoms with E-state index >= 15 is 0 Å². The lowest BCUT2D eigenvalue weighted by molar-refractivity contribution is -0.143. The number of hydrogen-bond donors (Lipinski definition) is 2. The zero-order valence-electron chi connectivity index (χ0n) is 23.1. The number of aromatic nitrogens is 3. The van der Waals surface area contributed by atoms with Crippen LogP contribution in [0.25, 0.3) is 22.5 Å². The van der Waals surface area contributed by atoms with Crippen LogP contribution in [0.15, 0.2) is 53.9 Å². The van der Waals surface area contributed by atoms with Crippen LogP contribution in [0.5, 0.6) is 0 Å². The van der Waals surface area contributed by atoms with Gasteiger partial charge < -0.3 is 16.0 Å². The van der Waals surface area contributed by atoms with E-state index in [-0.39, 0.29) is 18.4 Å². The number of allylic oxidation sites excluding steroid dienone is 1. The summed E-state index contributed by atoms with van der Waals surface area (Å²) in [6.45, 7) is 3.63. The molecule has 1 aliphatic heterocycles. The Labute approximate surface area is 236 Å². The minimum Gasteiger partial charge on any atom is -0.404 e. The van der Waals surface area contributed by atoms with E-state index < -0.39 is 30.8 Å². The normalized spacial score (nSPS) is 16.4. The number of carbonyl (C=O) groups is 2. The van der Waals surface area contributed by atoms with Crippen LogP contribution in [-0.4, -0.2) is 75.8 Å². The van der Waals surface area contributed by atoms with Gasteiger partial charge in [0, 0.05) is 48.0 Å². The molecular weight excluding hydrogens is 535 g/mol. The van der Waals surface area contributed by atoms with Crippen LogP contribution in [-0.2, 0) is 16.0 Å². The van der Waals surface area contributed by atoms with Gasteiger partial charge in [-0.15, -0.1) is 0 Å². The molecule has 218 valence electrons. The molecule has 3 heterocycles. The second-order valence-electron chi connectivity index (χ2n) is 10.4. The number of hydrogen-bond acceptors (Lipinski definition) is 7. The Hall–Kier alpha value is -4.06. The molecule has 1 atom stereocenters. The molecule has 4 rings (SSSR count). The molecule has 1 aromatic carbocycles. The molecule has 0 aliphatic carbocycles. The summed E-state index contributed by atoms with van der Waals surface area (Å²) in [7, 11) is 2.07. The minimum absolute atomic E-state index is 0.0866. The number of carbonyl (C=O) groups excluding carboxylic acids is 2. The van der Waals surface area contributed by atoms with Crippen molar-refractivity contribution in [2.45, 2.75) is 57.3 Å². The van der Waals surface area contributed by atoms with Crippen molar-refractivity contribution in [3.63, 3.8) is 0 Å². The molecule has 9 nitrogen and oxygen atoms in total. The Morgan fingerprint density at radius 2 is 1.98 bits per heavy atom. The van der Waals surface area contributed by atoms with E-state index in [4.69, 9.17) is 5.73 Å². The van der Waals surface area contributed by atoms with Gasteiger partial charge in [-0.05, 0) is 57.6 Å². The summed E-state index contributed by atoms with van der Waals surface area (Å²) in [6.07, 6.45) is 1.89. The molecule has 1 aliphatic rings. The van der Waals surface area contributed by atoms with Gasteiger partial charge in [0.15, 0.2) is 5.65 Å². The van der Waals surface area contributed by atoms with Gasteiger partial charge in [-0.2, -0.15) is 18.3 Å². The number of benzene rings is 1. The molecule has 0 radical (unpaired) electrons. The fraction of sp³-hybridized carbons (Fsp3) is 0.414. The summed E-state index contributed by atoms with van der Waals surface area (Å²) in [6, 6.07) is 8.36. The highest BCUT2D eigenvalue weighted by Gasteiger charge is 2.28. The molecule has 1 amide bonds. The van der Waals surface area contributed by atoms with E-state index in [1.807, 2.05) is 6.07 Å². The van der Waals surface area contributed by atoms with Crippen LogP contribution in [0, 0.1) is 0 Å². The highest BCUT2D eigenvalue weighted by Crippen LogP contribution is 2.25. The molecule has 1 fully saturated rings. The van der Waals surface area contributed by atoms with Gasteiger partial charge in [-0.1, -0.05) is 18.2 Å². The van der Waals surface area contributed by atoms with Crippen molar-refractivity contribution in [1.29, 1.82) is 0 Å². The van der Waals surface area contributed by atoms with Crippen LogP contribution < -0.4 is 11.1 Å². The number of nitrogens with zero attached hydrogens (tertiary/aromatic N) is 5. The third-order valence-electron chi connectivity index (χ3n) is 7.07. The molecule has 12 heteroatoms. The van der Waals surface area contributed by atoms with E-state index in [2.05, 4.69) is 32.3 Å². The molecule has 0 spiro atoms. The number of fused-ring (bicyclic) bond motifs is 1. The molecule has 41 heavy (non-hydrogen) atoms. The lowest BCUT2D eigenvalue weighted by Crippen LogP contribution is -2.45. The average Bonchev–Trinajstić information content (AvgIpc) is 3.36. The number of nitrogens with two attached hydrogens (primary N) is 1. The van der Waals surface area contributed by atoms with E-state index in [1.54, 1.807) is 54.3 Å². The highest BCUT2D eigenvalue weighted by atomic mass is 19.4. The maximum atomic E-state index is 12.6. The second-order valence-corrected chi connectivity index (χ2v) is 10.4. The number of ketones is 1. The predicted octanol–water partition coefficient (Wildman–Crippen LogP) is 3.82. The number of amides is 1. The molecule has 1 unspecified atom stereocenters. The predicted molar refractivity (Wildman–Crippen MR) is 151 cm³/mol. The Morgan fingerprint density at radius 3 is 2.68 bits per heavy atom. The summed E-state index contributed by atoms with van der Waals surface area (Å²) in [4.78, 5) is 35.8. The van der Waals surface area contributed by atoms with Crippen molar-refractivity contribution in [1.82, 2.24) is 24.8 Å². The molecule has 3 N–H and O–H groups in total. The number of rotatable bonds is 10. The SMILES string of the molecule is CC(N=CC(=CN)c1cnn2c(-c3cccc(CC(=O)CCC(F)(F)F)c3)cnc2c1)C(=O)NC1CCN(C)CC1. The zero-order valence-corrected chi connectivity index (χ0v) is 23.1. The van der Waals surface area contributed by atoms with Gasteiger partial charge in [0.2, 0.25) is 5.91 Å². The summed E-state index contributed by atoms with van der Waals surface area (Å²) in [5.74, 6) is -0.611. The van der Waals surface area contributed by atoms with Gasteiger partial charge in [-0.25, -0.2) is 9.50 Å². The number of aliphatic imine (C=N–C) groups is 1. The van der Waals surface area contributed by atoms with Crippen LogP contribution in [0.3, 0.4) is 0 Å². The van der Waals surface area contributed by atoms with Crippen LogP contribution in [0.2, 0.25) is 0 Å². The van der Waals surface area contributed by atoms with Crippen LogP contribution in [0.4, 0.5) is 13.2 Å². The van der Waals surface area contributed by atoms with Crippen molar-refractivity contribution < 1.29 is 22.8 Å². The molecule has 1 saturated heterocycles. The Morgan fingerprint density at radius 1 is 1.22 bits per heavy atom. The van der Waals surface area contributed by atoms with Gasteiger partial charge in [0.1, 0.15) is 11.8 Å². The van der Waals surface area contributed by atoms with Gasteiger partial charge in [0.05, 0.1) is 24.5 Å². The first-order valence-electron chi connectivity index (χ1n) is 13.5. The van der Waals surface area contributed by atoms with E-state index in [0.29, 0.717) is 28.0 Å². The zero-order chi connectivity index (χ0) is 29.6. The number of alkyl halides is 3. The Kier molecular flexibility index (Phi) is 9.53. The molecular formula is C29H34F3N7O2. The molecule has 2 aromatic heterocycles. The highest BCUT2D eigenvalue weighted by molar-refractivity contribution is 6.10. The number of nitrogens with one attached hydrogen (secondary N) is 1. The number of Topliss-reactive ketones (excluding diaryl/α,β-unsaturated/α-hetero) is 1. The summed E-state index contributed by atoms with van der Waals surface area (Å²) in [5.41, 5.74) is 9.62. The van der Waals surface area contributed by atoms with Crippen molar-refractivity contribution in [2.24, 2.45) is 10.7 Å². The summed E-state index contributed by atoms with van der Waals surface area (Å²) in [5, 5.41) is 7.57. The first-order valence-corrected chi connectivity index (χ1v) is 13.5. The number of halogens is 3. The maximum Gasteiger partial charge on any atom is 0.389 e. The quantitative estimate of drug-likeness (QED) is 0.359. The smallest absolute Gasteiger partial charge is 0.389 e. The summed E-state index contributed by atoms with van der Waals surface area (Å²) >= 11 is 0. The van der Waals surface area contributed by atoms with Gasteiger partial charge >= 0.3 is 6.18 Å². The Bertz CT molecular complexity index is 1440. The fourth-order valence-corrected chi connectivity index (χ4v) is 4.62. The summed E-state index contributed by atoms with van der Waals surface area (Å²) < 4.78 is 39.0. The molecule has 0 bridgehead atoms. The van der Waals surface area contributed by atoms with Gasteiger partial charge in [-0.3, -0.25) is 14.6 Å². The average molecular weight is 570 g/mol. The first-order chi connectivity index (χ1) is 19.5. The van der Waals surface area contributed by atoms with Crippen molar-refractivity contribution in [2.75, 3.05) is 20.1 Å². The van der Waals surface area contributed by atoms with Crippen LogP contribution >= 0.6 is 0 Å². The van der Waals surface area contributed by atoms with Gasteiger partial charge in [0.25, 0.3) is 0 Å². The minimum atomic E-state index is -4.36. The first kappa shape index (κ1) is 29.9. The van der Waals surface area contributed by atoms with Crippen molar-refractivity contribution >= 4 is 29.1 Å². The fourth-order valence-electron chi connectivity index (χ4n) is 4.62. The molecule has 3 aromatic rings. The van der Waals surface area contributed by atoms with E-state index in [9.17, 15) is 22.8 Å². The lowest BCUT2D eigenvalue weighted by Gasteiger charge is -2.29. The van der Waals surface area contributed by atoms with Crippen molar-refractivity contribution in [3.05, 3.63) is 60.1 Å². The topological polar surface area (TPSA) is 118 Å². The van der Waals surface area contributed by atoms with Crippen LogP contribution in [0.1, 0.15) is 43.7 Å². The standard InChI is InChI=1S/C29H34F3N7O2/c1-19(28(41)37-24-7-10-38(2)11-8-24)34-16-23(15-33)22-14-27-35-18-26(39(27)36-17-22)21-5-3-4-20(12-21)13-25(40)6-9-29(30,31)32/h3-5,12,14-19,24H,6-11,13,33H2,1-2H3,(H,37,41). The largest absolute Gasteiger partial charge is 0.404 e. The van der Waals surface area contributed by atoms with E-state index in [0.717, 1.165) is 31.5 Å². The molecule has 0 saturated carbocycles. The number of likely N-dealkylation sites (tertiary alicyclic amines) is 1. The maximum absolute atomic E-state index is 12.6. The van der Waals surface area contributed by atoms with Crippen molar-refractivity contribution in [3.8, 4) is 11.3 Å². The number of piperidine rings is 1. The van der Waals surface area contributed by atoms with E-state index in [1.165, 1.54) is 6.20 Å². The monoisotopic (exact) mass is 569 g/mol. The lowest BCUT2D eigenvalue weighted by atomic mass is 10.0. The second kappa shape index (κ2) is 13.1. The Balaban J connectivity index is 1.43. The number of imidazole rings is 1. The third kappa shape index (κ3) is 8.23. The third-order valence-corrected chi connectivity index (χ3v) is 7.07.